The number of rotatable bonds is 3. The molecule has 0 saturated heterocycles. The lowest BCUT2D eigenvalue weighted by atomic mass is 10.1. The Labute approximate surface area is 140 Å². The van der Waals surface area contributed by atoms with Gasteiger partial charge in [-0.2, -0.15) is 0 Å². The maximum Gasteiger partial charge on any atom is 0.272 e. The molecule has 2 aromatic carbocycles. The third kappa shape index (κ3) is 3.00. The van der Waals surface area contributed by atoms with Crippen molar-refractivity contribution in [3.05, 3.63) is 59.3 Å². The Morgan fingerprint density at radius 2 is 1.67 bits per heavy atom. The van der Waals surface area contributed by atoms with E-state index in [0.717, 1.165) is 29.9 Å². The molecule has 0 N–H and O–H groups in total. The van der Waals surface area contributed by atoms with Crippen molar-refractivity contribution in [3.8, 4) is 21.7 Å². The first-order valence-electron chi connectivity index (χ1n) is 6.63. The molecule has 0 spiro atoms. The zero-order chi connectivity index (χ0) is 17.5. The first-order valence-corrected chi connectivity index (χ1v) is 9.29. The Bertz CT molecular complexity index is 1020. The van der Waals surface area contributed by atoms with E-state index in [-0.39, 0.29) is 16.2 Å². The van der Waals surface area contributed by atoms with Crippen molar-refractivity contribution in [3.63, 3.8) is 0 Å². The lowest BCUT2D eigenvalue weighted by molar-refractivity contribution is -0.649. The number of nitrogens with zero attached hydrogens (tertiary/aromatic N) is 2. The summed E-state index contributed by atoms with van der Waals surface area (Å²) in [5.74, 6) is -2.09. The summed E-state index contributed by atoms with van der Waals surface area (Å²) in [7, 11) is -3.34. The standard InChI is InChI=1S/C15H10F2N2O3S2/c1-24(21,22)11-5-2-9(3-6-11)15-14(19(20)18-23-15)10-4-7-12(16)13(17)8-10/h2-8H,1H3. The van der Waals surface area contributed by atoms with Crippen LogP contribution in [0.25, 0.3) is 21.7 Å². The number of hydrogen-bond acceptors (Lipinski definition) is 5. The molecule has 0 unspecified atom stereocenters. The van der Waals surface area contributed by atoms with Crippen LogP contribution in [0.2, 0.25) is 0 Å². The summed E-state index contributed by atoms with van der Waals surface area (Å²) in [6, 6.07) is 9.02. The summed E-state index contributed by atoms with van der Waals surface area (Å²) in [5, 5.41) is 11.9. The molecule has 0 fully saturated rings. The molecule has 24 heavy (non-hydrogen) atoms. The van der Waals surface area contributed by atoms with Crippen LogP contribution in [0.4, 0.5) is 8.78 Å². The normalized spacial score (nSPS) is 11.6. The highest BCUT2D eigenvalue weighted by Crippen LogP contribution is 2.33. The number of sulfone groups is 1. The molecule has 0 radical (unpaired) electrons. The summed E-state index contributed by atoms with van der Waals surface area (Å²) >= 11 is 0.882. The molecule has 3 rings (SSSR count). The van der Waals surface area contributed by atoms with Gasteiger partial charge in [-0.1, -0.05) is 12.1 Å². The van der Waals surface area contributed by atoms with E-state index in [1.54, 1.807) is 0 Å². The van der Waals surface area contributed by atoms with Gasteiger partial charge in [0.1, 0.15) is 4.88 Å². The molecule has 0 aliphatic carbocycles. The van der Waals surface area contributed by atoms with Crippen molar-refractivity contribution in [2.75, 3.05) is 6.26 Å². The Hall–Kier alpha value is -2.39. The van der Waals surface area contributed by atoms with Gasteiger partial charge in [0.25, 0.3) is 5.69 Å². The van der Waals surface area contributed by atoms with Gasteiger partial charge >= 0.3 is 0 Å². The van der Waals surface area contributed by atoms with Crippen molar-refractivity contribution in [2.45, 2.75) is 4.90 Å². The minimum absolute atomic E-state index is 0.0750. The smallest absolute Gasteiger partial charge is 0.272 e. The van der Waals surface area contributed by atoms with Gasteiger partial charge in [0.2, 0.25) is 0 Å². The van der Waals surface area contributed by atoms with Crippen molar-refractivity contribution >= 4 is 21.4 Å². The molecule has 0 bridgehead atoms. The lowest BCUT2D eigenvalue weighted by Gasteiger charge is -2.03. The van der Waals surface area contributed by atoms with Crippen molar-refractivity contribution < 1.29 is 22.0 Å². The topological polar surface area (TPSA) is 74.0 Å². The van der Waals surface area contributed by atoms with Crippen LogP contribution in [0.5, 0.6) is 0 Å². The van der Waals surface area contributed by atoms with Gasteiger partial charge in [0.15, 0.2) is 21.5 Å². The largest absolute Gasteiger partial charge is 0.593 e. The maximum absolute atomic E-state index is 13.5. The zero-order valence-electron chi connectivity index (χ0n) is 12.2. The predicted octanol–water partition coefficient (Wildman–Crippen LogP) is 2.79. The van der Waals surface area contributed by atoms with E-state index in [0.29, 0.717) is 15.3 Å². The summed E-state index contributed by atoms with van der Waals surface area (Å²) in [6.45, 7) is 0. The van der Waals surface area contributed by atoms with Gasteiger partial charge in [-0.05, 0) is 35.2 Å². The molecule has 0 amide bonds. The summed E-state index contributed by atoms with van der Waals surface area (Å²) in [4.78, 5) is 0.896. The SMILES string of the molecule is CS(=O)(=O)c1ccc(-c2sn[n+]([O-])c2-c2ccc(F)c(F)c2)cc1. The maximum atomic E-state index is 13.5. The molecule has 1 heterocycles. The fourth-order valence-electron chi connectivity index (χ4n) is 2.18. The highest BCUT2D eigenvalue weighted by Gasteiger charge is 2.23. The zero-order valence-corrected chi connectivity index (χ0v) is 13.9. The average molecular weight is 368 g/mol. The molecular formula is C15H10F2N2O3S2. The molecule has 3 aromatic rings. The summed E-state index contributed by atoms with van der Waals surface area (Å²) < 4.78 is 53.2. The van der Waals surface area contributed by atoms with E-state index < -0.39 is 21.5 Å². The first kappa shape index (κ1) is 16.5. The van der Waals surface area contributed by atoms with Crippen LogP contribution in [0.3, 0.4) is 0 Å². The van der Waals surface area contributed by atoms with Crippen molar-refractivity contribution in [1.82, 2.24) is 4.49 Å². The van der Waals surface area contributed by atoms with Crippen LogP contribution < -0.4 is 4.85 Å². The molecular weight excluding hydrogens is 358 g/mol. The van der Waals surface area contributed by atoms with Crippen LogP contribution in [-0.2, 0) is 9.84 Å². The number of aromatic nitrogens is 2. The van der Waals surface area contributed by atoms with E-state index in [9.17, 15) is 22.4 Å². The fourth-order valence-corrected chi connectivity index (χ4v) is 3.57. The Morgan fingerprint density at radius 1 is 1.04 bits per heavy atom. The minimum atomic E-state index is -3.34. The molecule has 0 saturated carbocycles. The van der Waals surface area contributed by atoms with Crippen LogP contribution in [-0.4, -0.2) is 19.2 Å². The van der Waals surface area contributed by atoms with Gasteiger partial charge in [-0.3, -0.25) is 0 Å². The molecule has 1 aromatic heterocycles. The number of benzene rings is 2. The Kier molecular flexibility index (Phi) is 4.06. The summed E-state index contributed by atoms with van der Waals surface area (Å²) in [6.07, 6.45) is 1.09. The van der Waals surface area contributed by atoms with Crippen molar-refractivity contribution in [2.24, 2.45) is 0 Å². The van der Waals surface area contributed by atoms with Crippen LogP contribution in [0, 0.1) is 16.8 Å². The van der Waals surface area contributed by atoms with E-state index >= 15 is 0 Å². The highest BCUT2D eigenvalue weighted by molar-refractivity contribution is 7.90. The fraction of sp³-hybridized carbons (Fsp3) is 0.0667. The van der Waals surface area contributed by atoms with E-state index in [4.69, 9.17) is 0 Å². The number of hydrogen-bond donors (Lipinski definition) is 0. The second kappa shape index (κ2) is 5.91. The molecule has 0 atom stereocenters. The quantitative estimate of drug-likeness (QED) is 0.526. The predicted molar refractivity (Wildman–Crippen MR) is 85.0 cm³/mol. The Balaban J connectivity index is 2.12. The van der Waals surface area contributed by atoms with Gasteiger partial charge in [0.05, 0.1) is 14.9 Å². The highest BCUT2D eigenvalue weighted by atomic mass is 32.2. The van der Waals surface area contributed by atoms with Gasteiger partial charge in [-0.15, -0.1) is 0 Å². The van der Waals surface area contributed by atoms with E-state index in [1.807, 2.05) is 0 Å². The Morgan fingerprint density at radius 3 is 2.25 bits per heavy atom. The van der Waals surface area contributed by atoms with Gasteiger partial charge in [0, 0.05) is 23.4 Å². The molecule has 0 aliphatic heterocycles. The van der Waals surface area contributed by atoms with E-state index in [1.165, 1.54) is 30.3 Å². The second-order valence-electron chi connectivity index (χ2n) is 5.05. The monoisotopic (exact) mass is 368 g/mol. The van der Waals surface area contributed by atoms with Crippen molar-refractivity contribution in [1.29, 1.82) is 0 Å². The first-order chi connectivity index (χ1) is 11.3. The van der Waals surface area contributed by atoms with E-state index in [2.05, 4.69) is 4.49 Å². The second-order valence-corrected chi connectivity index (χ2v) is 7.82. The van der Waals surface area contributed by atoms with Crippen LogP contribution in [0.15, 0.2) is 47.4 Å². The van der Waals surface area contributed by atoms with Crippen LogP contribution >= 0.6 is 11.5 Å². The third-order valence-electron chi connectivity index (χ3n) is 3.35. The third-order valence-corrected chi connectivity index (χ3v) is 5.32. The molecule has 9 heteroatoms. The number of halogens is 2. The summed E-state index contributed by atoms with van der Waals surface area (Å²) in [5.41, 5.74) is 0.806. The average Bonchev–Trinajstić information content (AvgIpc) is 2.91. The minimum Gasteiger partial charge on any atom is -0.593 e. The lowest BCUT2D eigenvalue weighted by Crippen LogP contribution is -2.29. The van der Waals surface area contributed by atoms with Gasteiger partial charge < -0.3 is 5.21 Å². The molecule has 124 valence electrons. The molecule has 5 nitrogen and oxygen atoms in total. The van der Waals surface area contributed by atoms with Crippen LogP contribution in [0.1, 0.15) is 0 Å². The molecule has 0 aliphatic rings. The van der Waals surface area contributed by atoms with Gasteiger partial charge in [-0.25, -0.2) is 17.2 Å².